The molecule has 4 aliphatic rings. The van der Waals surface area contributed by atoms with Gasteiger partial charge in [0, 0.05) is 5.92 Å². The fraction of sp³-hybridized carbons (Fsp3) is 0.920. The van der Waals surface area contributed by atoms with E-state index in [1.165, 1.54) is 44.9 Å². The number of hydrogen-bond acceptors (Lipinski definition) is 4. The minimum atomic E-state index is -0.238. The molecule has 8 atom stereocenters. The fourth-order valence-corrected chi connectivity index (χ4v) is 8.21. The van der Waals surface area contributed by atoms with Gasteiger partial charge in [0.25, 0.3) is 0 Å². The lowest BCUT2D eigenvalue weighted by Gasteiger charge is -2.61. The molecule has 29 heavy (non-hydrogen) atoms. The molecule has 0 unspecified atom stereocenters. The van der Waals surface area contributed by atoms with Crippen LogP contribution in [0, 0.1) is 46.3 Å². The van der Waals surface area contributed by atoms with E-state index in [1.54, 1.807) is 0 Å². The van der Waals surface area contributed by atoms with Crippen LogP contribution in [0.15, 0.2) is 5.16 Å². The van der Waals surface area contributed by atoms with Crippen molar-refractivity contribution in [2.24, 2.45) is 51.5 Å². The van der Waals surface area contributed by atoms with Crippen LogP contribution in [0.25, 0.3) is 0 Å². The van der Waals surface area contributed by atoms with Gasteiger partial charge < -0.3 is 9.94 Å². The fourth-order valence-electron chi connectivity index (χ4n) is 8.21. The van der Waals surface area contributed by atoms with E-state index in [2.05, 4.69) is 25.9 Å². The van der Waals surface area contributed by atoms with Gasteiger partial charge in [0.15, 0.2) is 0 Å². The molecule has 0 aliphatic heterocycles. The predicted octanol–water partition coefficient (Wildman–Crippen LogP) is 5.58. The SMILES string of the molecule is C/C(=N\OC(=O)C(C)C)[C@H]1CC[C@H]2[C@@H]3CC[C@@H]4C[C@H](O)CC[C@]4(C)[C@H]3CC[C@]12C. The minimum Gasteiger partial charge on any atom is -0.393 e. The topological polar surface area (TPSA) is 58.9 Å². The summed E-state index contributed by atoms with van der Waals surface area (Å²) >= 11 is 0. The van der Waals surface area contributed by atoms with Crippen molar-refractivity contribution >= 4 is 11.7 Å². The molecule has 0 aromatic heterocycles. The van der Waals surface area contributed by atoms with Crippen LogP contribution in [-0.2, 0) is 9.63 Å². The van der Waals surface area contributed by atoms with Crippen LogP contribution in [0.1, 0.15) is 92.4 Å². The second-order valence-electron chi connectivity index (χ2n) is 11.6. The molecule has 4 nitrogen and oxygen atoms in total. The van der Waals surface area contributed by atoms with Gasteiger partial charge >= 0.3 is 5.97 Å². The summed E-state index contributed by atoms with van der Waals surface area (Å²) in [6, 6.07) is 0. The van der Waals surface area contributed by atoms with Gasteiger partial charge in [-0.2, -0.15) is 0 Å². The Morgan fingerprint density at radius 1 is 1.00 bits per heavy atom. The third kappa shape index (κ3) is 3.47. The third-order valence-electron chi connectivity index (χ3n) is 9.89. The third-order valence-corrected chi connectivity index (χ3v) is 9.89. The van der Waals surface area contributed by atoms with Crippen LogP contribution < -0.4 is 0 Å². The highest BCUT2D eigenvalue weighted by Crippen LogP contribution is 2.67. The van der Waals surface area contributed by atoms with Crippen LogP contribution >= 0.6 is 0 Å². The van der Waals surface area contributed by atoms with Gasteiger partial charge in [0.1, 0.15) is 0 Å². The van der Waals surface area contributed by atoms with Crippen LogP contribution in [-0.4, -0.2) is 22.9 Å². The number of fused-ring (bicyclic) bond motifs is 5. The van der Waals surface area contributed by atoms with Gasteiger partial charge in [-0.15, -0.1) is 0 Å². The van der Waals surface area contributed by atoms with Crippen molar-refractivity contribution in [2.45, 2.75) is 98.5 Å². The molecule has 0 amide bonds. The van der Waals surface area contributed by atoms with E-state index < -0.39 is 0 Å². The molecular weight excluding hydrogens is 362 g/mol. The summed E-state index contributed by atoms with van der Waals surface area (Å²) in [6.07, 6.45) is 10.8. The molecule has 0 aromatic carbocycles. The average molecular weight is 404 g/mol. The molecule has 0 radical (unpaired) electrons. The van der Waals surface area contributed by atoms with E-state index in [4.69, 9.17) is 4.84 Å². The molecule has 0 aromatic rings. The Morgan fingerprint density at radius 2 is 1.69 bits per heavy atom. The summed E-state index contributed by atoms with van der Waals surface area (Å²) in [6.45, 7) is 10.8. The lowest BCUT2D eigenvalue weighted by atomic mass is 9.44. The molecule has 4 rings (SSSR count). The molecule has 0 bridgehead atoms. The molecule has 164 valence electrons. The molecule has 0 saturated heterocycles. The number of hydrogen-bond donors (Lipinski definition) is 1. The summed E-state index contributed by atoms with van der Waals surface area (Å²) < 4.78 is 0. The van der Waals surface area contributed by atoms with Gasteiger partial charge in [0.05, 0.1) is 17.7 Å². The number of carbonyl (C=O) groups excluding carboxylic acids is 1. The number of aliphatic hydroxyl groups excluding tert-OH is 1. The first kappa shape index (κ1) is 21.3. The van der Waals surface area contributed by atoms with Crippen molar-refractivity contribution in [2.75, 3.05) is 0 Å². The molecule has 4 aliphatic carbocycles. The first-order valence-corrected chi connectivity index (χ1v) is 12.1. The molecule has 4 fully saturated rings. The van der Waals surface area contributed by atoms with Crippen molar-refractivity contribution in [1.82, 2.24) is 0 Å². The summed E-state index contributed by atoms with van der Waals surface area (Å²) in [5, 5.41) is 14.5. The zero-order chi connectivity index (χ0) is 21.0. The van der Waals surface area contributed by atoms with Crippen LogP contribution in [0.3, 0.4) is 0 Å². The highest BCUT2D eigenvalue weighted by atomic mass is 16.7. The Kier molecular flexibility index (Phi) is 5.63. The largest absolute Gasteiger partial charge is 0.393 e. The normalized spacial score (nSPS) is 47.3. The minimum absolute atomic E-state index is 0.0678. The summed E-state index contributed by atoms with van der Waals surface area (Å²) in [4.78, 5) is 17.1. The molecule has 0 spiro atoms. The molecule has 4 saturated carbocycles. The van der Waals surface area contributed by atoms with Crippen molar-refractivity contribution in [1.29, 1.82) is 0 Å². The van der Waals surface area contributed by atoms with Gasteiger partial charge in [-0.05, 0) is 99.2 Å². The van der Waals surface area contributed by atoms with Crippen molar-refractivity contribution < 1.29 is 14.7 Å². The predicted molar refractivity (Wildman–Crippen MR) is 115 cm³/mol. The quantitative estimate of drug-likeness (QED) is 0.380. The Labute approximate surface area is 176 Å². The maximum absolute atomic E-state index is 11.9. The zero-order valence-electron chi connectivity index (χ0n) is 19.1. The zero-order valence-corrected chi connectivity index (χ0v) is 19.1. The highest BCUT2D eigenvalue weighted by molar-refractivity contribution is 5.86. The Morgan fingerprint density at radius 3 is 2.41 bits per heavy atom. The lowest BCUT2D eigenvalue weighted by Crippen LogP contribution is -2.54. The lowest BCUT2D eigenvalue weighted by molar-refractivity contribution is -0.147. The second-order valence-corrected chi connectivity index (χ2v) is 11.6. The highest BCUT2D eigenvalue weighted by Gasteiger charge is 2.60. The number of aliphatic hydroxyl groups is 1. The van der Waals surface area contributed by atoms with Crippen molar-refractivity contribution in [3.05, 3.63) is 0 Å². The van der Waals surface area contributed by atoms with Gasteiger partial charge in [-0.25, -0.2) is 4.79 Å². The van der Waals surface area contributed by atoms with E-state index in [1.807, 2.05) is 13.8 Å². The van der Waals surface area contributed by atoms with Gasteiger partial charge in [0.2, 0.25) is 0 Å². The number of rotatable bonds is 3. The van der Waals surface area contributed by atoms with E-state index in [-0.39, 0.29) is 23.4 Å². The number of carbonyl (C=O) groups is 1. The van der Waals surface area contributed by atoms with Gasteiger partial charge in [-0.1, -0.05) is 32.9 Å². The average Bonchev–Trinajstić information content (AvgIpc) is 3.03. The van der Waals surface area contributed by atoms with E-state index in [0.29, 0.717) is 17.3 Å². The van der Waals surface area contributed by atoms with Gasteiger partial charge in [-0.3, -0.25) is 0 Å². The Balaban J connectivity index is 1.51. The molecule has 0 heterocycles. The number of oxime groups is 1. The van der Waals surface area contributed by atoms with E-state index in [0.717, 1.165) is 36.3 Å². The summed E-state index contributed by atoms with van der Waals surface area (Å²) in [7, 11) is 0. The van der Waals surface area contributed by atoms with E-state index >= 15 is 0 Å². The first-order valence-electron chi connectivity index (χ1n) is 12.1. The molecular formula is C25H41NO3. The molecule has 4 heteroatoms. The molecule has 1 N–H and O–H groups in total. The maximum atomic E-state index is 11.9. The van der Waals surface area contributed by atoms with Crippen LogP contribution in [0.2, 0.25) is 0 Å². The Bertz CT molecular complexity index is 673. The first-order chi connectivity index (χ1) is 13.7. The van der Waals surface area contributed by atoms with Crippen molar-refractivity contribution in [3.8, 4) is 0 Å². The second kappa shape index (κ2) is 7.66. The monoisotopic (exact) mass is 403 g/mol. The van der Waals surface area contributed by atoms with E-state index in [9.17, 15) is 9.90 Å². The number of nitrogens with zero attached hydrogens (tertiary/aromatic N) is 1. The summed E-state index contributed by atoms with van der Waals surface area (Å²) in [5.74, 6) is 3.18. The van der Waals surface area contributed by atoms with Crippen LogP contribution in [0.4, 0.5) is 0 Å². The maximum Gasteiger partial charge on any atom is 0.337 e. The smallest absolute Gasteiger partial charge is 0.337 e. The summed E-state index contributed by atoms with van der Waals surface area (Å²) in [5.41, 5.74) is 1.73. The Hall–Kier alpha value is -0.900. The standard InChI is InChI=1S/C25H41NO3/c1-15(2)23(28)29-26-16(3)20-8-9-21-19-7-6-17-14-18(27)10-12-24(17,4)22(19)11-13-25(20,21)5/h15,17-22,27H,6-14H2,1-5H3/b26-16+/t17-,18-,19+,20-,21+,22+,24+,25-/m1/s1. The van der Waals surface area contributed by atoms with Crippen LogP contribution in [0.5, 0.6) is 0 Å². The van der Waals surface area contributed by atoms with Crippen molar-refractivity contribution in [3.63, 3.8) is 0 Å².